The quantitative estimate of drug-likeness (QED) is 0.197. The van der Waals surface area contributed by atoms with Gasteiger partial charge >= 0.3 is 0 Å². The molecule has 8 aromatic carbocycles. The Morgan fingerprint density at radius 3 is 1.33 bits per heavy atom. The monoisotopic (exact) mass is 572 g/mol. The van der Waals surface area contributed by atoms with Crippen molar-refractivity contribution >= 4 is 32.3 Å². The van der Waals surface area contributed by atoms with Crippen molar-refractivity contribution in [3.05, 3.63) is 169 Å². The summed E-state index contributed by atoms with van der Waals surface area (Å²) in [6.45, 7) is 4.74. The maximum atomic E-state index is 2.42. The molecule has 0 saturated heterocycles. The number of rotatable bonds is 3. The van der Waals surface area contributed by atoms with E-state index in [2.05, 4.69) is 172 Å². The minimum atomic E-state index is -0.0492. The summed E-state index contributed by atoms with van der Waals surface area (Å²) in [4.78, 5) is 0. The minimum absolute atomic E-state index is 0.0492. The highest BCUT2D eigenvalue weighted by Crippen LogP contribution is 2.51. The molecule has 0 aromatic heterocycles. The van der Waals surface area contributed by atoms with Crippen molar-refractivity contribution in [1.29, 1.82) is 0 Å². The van der Waals surface area contributed by atoms with Crippen molar-refractivity contribution in [3.63, 3.8) is 0 Å². The fourth-order valence-electron chi connectivity index (χ4n) is 7.45. The average molecular weight is 573 g/mol. The maximum absolute atomic E-state index is 2.42. The predicted molar refractivity (Wildman–Crippen MR) is 193 cm³/mol. The van der Waals surface area contributed by atoms with Crippen molar-refractivity contribution < 1.29 is 0 Å². The van der Waals surface area contributed by atoms with Crippen LogP contribution in [-0.2, 0) is 5.41 Å². The molecule has 0 nitrogen and oxygen atoms in total. The van der Waals surface area contributed by atoms with Crippen LogP contribution in [0.5, 0.6) is 0 Å². The second-order valence-electron chi connectivity index (χ2n) is 13.0. The number of hydrogen-bond acceptors (Lipinski definition) is 0. The molecule has 0 radical (unpaired) electrons. The van der Waals surface area contributed by atoms with E-state index < -0.39 is 0 Å². The molecule has 1 aliphatic rings. The van der Waals surface area contributed by atoms with Gasteiger partial charge in [0.25, 0.3) is 0 Å². The van der Waals surface area contributed by atoms with E-state index in [1.807, 2.05) is 0 Å². The van der Waals surface area contributed by atoms with Gasteiger partial charge in [0.2, 0.25) is 0 Å². The Labute approximate surface area is 264 Å². The summed E-state index contributed by atoms with van der Waals surface area (Å²) in [6, 6.07) is 58.5. The predicted octanol–water partition coefficient (Wildman–Crippen LogP) is 12.5. The summed E-state index contributed by atoms with van der Waals surface area (Å²) >= 11 is 0. The summed E-state index contributed by atoms with van der Waals surface area (Å²) in [7, 11) is 0. The van der Waals surface area contributed by atoms with Crippen LogP contribution >= 0.6 is 0 Å². The largest absolute Gasteiger partial charge is 0.0616 e. The molecule has 0 atom stereocenters. The summed E-state index contributed by atoms with van der Waals surface area (Å²) in [5, 5.41) is 7.68. The van der Waals surface area contributed by atoms with Gasteiger partial charge in [0.05, 0.1) is 0 Å². The standard InChI is InChI=1S/C45H32/c1-45(2)43-28-40(20-21-41(43)42-26-33-10-5-6-11-34(33)27-44(42)45)32-13-7-12-31(23-32)35-16-17-39-25-38(19-18-37(39)24-35)36-15-14-29-8-3-4-9-30(29)22-36/h3-28H,1-2H3. The van der Waals surface area contributed by atoms with E-state index in [1.54, 1.807) is 0 Å². The van der Waals surface area contributed by atoms with Crippen molar-refractivity contribution in [3.8, 4) is 44.5 Å². The molecule has 0 fully saturated rings. The molecule has 212 valence electrons. The third kappa shape index (κ3) is 4.21. The van der Waals surface area contributed by atoms with Crippen LogP contribution in [0.25, 0.3) is 76.8 Å². The van der Waals surface area contributed by atoms with Crippen molar-refractivity contribution in [2.75, 3.05) is 0 Å². The summed E-state index contributed by atoms with van der Waals surface area (Å²) in [5.74, 6) is 0. The van der Waals surface area contributed by atoms with Gasteiger partial charge in [-0.25, -0.2) is 0 Å². The second-order valence-corrected chi connectivity index (χ2v) is 13.0. The highest BCUT2D eigenvalue weighted by Gasteiger charge is 2.35. The third-order valence-corrected chi connectivity index (χ3v) is 9.99. The molecular formula is C45H32. The lowest BCUT2D eigenvalue weighted by molar-refractivity contribution is 0.661. The van der Waals surface area contributed by atoms with Gasteiger partial charge in [0.1, 0.15) is 0 Å². The first kappa shape index (κ1) is 26.0. The molecule has 0 spiro atoms. The molecule has 8 aromatic rings. The molecule has 9 rings (SSSR count). The molecule has 0 amide bonds. The fraction of sp³-hybridized carbons (Fsp3) is 0.0667. The van der Waals surface area contributed by atoms with Crippen molar-refractivity contribution in [2.45, 2.75) is 19.3 Å². The van der Waals surface area contributed by atoms with Gasteiger partial charge in [-0.2, -0.15) is 0 Å². The normalized spacial score (nSPS) is 13.3. The second kappa shape index (κ2) is 9.78. The summed E-state index contributed by atoms with van der Waals surface area (Å²) in [5.41, 5.74) is 13.0. The molecule has 45 heavy (non-hydrogen) atoms. The van der Waals surface area contributed by atoms with Gasteiger partial charge in [-0.05, 0) is 130 Å². The van der Waals surface area contributed by atoms with E-state index >= 15 is 0 Å². The van der Waals surface area contributed by atoms with Gasteiger partial charge in [-0.15, -0.1) is 0 Å². The topological polar surface area (TPSA) is 0 Å². The van der Waals surface area contributed by atoms with Crippen LogP contribution in [-0.4, -0.2) is 0 Å². The van der Waals surface area contributed by atoms with Gasteiger partial charge in [-0.3, -0.25) is 0 Å². The molecule has 0 bridgehead atoms. The Morgan fingerprint density at radius 1 is 0.289 bits per heavy atom. The summed E-state index contributed by atoms with van der Waals surface area (Å²) in [6.07, 6.45) is 0. The molecule has 0 unspecified atom stereocenters. The van der Waals surface area contributed by atoms with E-state index in [4.69, 9.17) is 0 Å². The van der Waals surface area contributed by atoms with Gasteiger partial charge in [0, 0.05) is 5.41 Å². The van der Waals surface area contributed by atoms with E-state index in [9.17, 15) is 0 Å². The zero-order valence-electron chi connectivity index (χ0n) is 25.5. The average Bonchev–Trinajstić information content (AvgIpc) is 3.31. The fourth-order valence-corrected chi connectivity index (χ4v) is 7.45. The molecule has 0 saturated carbocycles. The minimum Gasteiger partial charge on any atom is -0.0616 e. The van der Waals surface area contributed by atoms with E-state index in [0.29, 0.717) is 0 Å². The highest BCUT2D eigenvalue weighted by atomic mass is 14.4. The number of hydrogen-bond donors (Lipinski definition) is 0. The Bertz CT molecular complexity index is 2460. The maximum Gasteiger partial charge on any atom is 0.0159 e. The van der Waals surface area contributed by atoms with Crippen LogP contribution < -0.4 is 0 Å². The molecule has 0 heteroatoms. The van der Waals surface area contributed by atoms with Gasteiger partial charge in [-0.1, -0.05) is 129 Å². The Hall–Kier alpha value is -5.46. The Balaban J connectivity index is 1.06. The molecule has 0 heterocycles. The van der Waals surface area contributed by atoms with E-state index in [0.717, 1.165) is 0 Å². The van der Waals surface area contributed by atoms with Gasteiger partial charge < -0.3 is 0 Å². The molecule has 1 aliphatic carbocycles. The van der Waals surface area contributed by atoms with Crippen LogP contribution in [0.4, 0.5) is 0 Å². The Morgan fingerprint density at radius 2 is 0.711 bits per heavy atom. The SMILES string of the molecule is CC1(C)c2cc(-c3cccc(-c4ccc5cc(-c6ccc7ccccc7c6)ccc5c4)c3)ccc2-c2cc3ccccc3cc21. The first-order valence-electron chi connectivity index (χ1n) is 15.8. The highest BCUT2D eigenvalue weighted by molar-refractivity contribution is 5.95. The number of benzene rings is 8. The number of fused-ring (bicyclic) bond motifs is 6. The molecule has 0 aliphatic heterocycles. The van der Waals surface area contributed by atoms with Crippen molar-refractivity contribution in [2.24, 2.45) is 0 Å². The zero-order valence-corrected chi connectivity index (χ0v) is 25.5. The van der Waals surface area contributed by atoms with E-state index in [-0.39, 0.29) is 5.41 Å². The van der Waals surface area contributed by atoms with Crippen LogP contribution in [0.2, 0.25) is 0 Å². The molecular weight excluding hydrogens is 540 g/mol. The zero-order chi connectivity index (χ0) is 30.1. The lowest BCUT2D eigenvalue weighted by Crippen LogP contribution is -2.15. The van der Waals surface area contributed by atoms with Crippen LogP contribution in [0.1, 0.15) is 25.0 Å². The van der Waals surface area contributed by atoms with E-state index in [1.165, 1.54) is 88.0 Å². The van der Waals surface area contributed by atoms with Crippen LogP contribution in [0, 0.1) is 0 Å². The smallest absolute Gasteiger partial charge is 0.0159 e. The first-order valence-corrected chi connectivity index (χ1v) is 15.8. The Kier molecular flexibility index (Phi) is 5.64. The van der Waals surface area contributed by atoms with Gasteiger partial charge in [0.15, 0.2) is 0 Å². The first-order chi connectivity index (χ1) is 22.0. The lowest BCUT2D eigenvalue weighted by atomic mass is 9.81. The third-order valence-electron chi connectivity index (χ3n) is 9.99. The van der Waals surface area contributed by atoms with Crippen LogP contribution in [0.15, 0.2) is 158 Å². The summed E-state index contributed by atoms with van der Waals surface area (Å²) < 4.78 is 0. The molecule has 0 N–H and O–H groups in total. The van der Waals surface area contributed by atoms with Crippen LogP contribution in [0.3, 0.4) is 0 Å². The van der Waals surface area contributed by atoms with Crippen molar-refractivity contribution in [1.82, 2.24) is 0 Å². The lowest BCUT2D eigenvalue weighted by Gasteiger charge is -2.22.